The van der Waals surface area contributed by atoms with Crippen molar-refractivity contribution in [3.05, 3.63) is 64.7 Å². The van der Waals surface area contributed by atoms with Crippen molar-refractivity contribution in [2.45, 2.75) is 17.9 Å². The fourth-order valence-electron chi connectivity index (χ4n) is 1.91. The molecule has 3 nitrogen and oxygen atoms in total. The second kappa shape index (κ2) is 6.87. The van der Waals surface area contributed by atoms with Crippen molar-refractivity contribution in [1.29, 1.82) is 0 Å². The number of nitrogens with one attached hydrogen (secondary N) is 1. The Balaban J connectivity index is 2.06. The summed E-state index contributed by atoms with van der Waals surface area (Å²) in [6, 6.07) is 14.0. The van der Waals surface area contributed by atoms with Gasteiger partial charge in [-0.25, -0.2) is 0 Å². The molecule has 0 aliphatic rings. The van der Waals surface area contributed by atoms with Crippen LogP contribution in [0.3, 0.4) is 0 Å². The molecule has 21 heavy (non-hydrogen) atoms. The molecule has 2 rings (SSSR count). The number of hydrogen-bond donors (Lipinski definition) is 1. The van der Waals surface area contributed by atoms with Gasteiger partial charge in [-0.3, -0.25) is 9.00 Å². The molecule has 0 radical (unpaired) electrons. The van der Waals surface area contributed by atoms with Crippen molar-refractivity contribution in [1.82, 2.24) is 5.32 Å². The molecule has 0 aliphatic heterocycles. The second-order valence-electron chi connectivity index (χ2n) is 4.73. The predicted octanol–water partition coefficient (Wildman–Crippen LogP) is 3.57. The summed E-state index contributed by atoms with van der Waals surface area (Å²) in [5, 5.41) is 3.59. The number of benzene rings is 2. The van der Waals surface area contributed by atoms with E-state index >= 15 is 0 Å². The lowest BCUT2D eigenvalue weighted by atomic mass is 10.1. The van der Waals surface area contributed by atoms with Gasteiger partial charge in [0.15, 0.2) is 0 Å². The Hall–Kier alpha value is -1.65. The first-order valence-corrected chi connectivity index (χ1v) is 8.41. The zero-order valence-corrected chi connectivity index (χ0v) is 13.4. The van der Waals surface area contributed by atoms with E-state index in [9.17, 15) is 9.00 Å². The van der Waals surface area contributed by atoms with Crippen LogP contribution in [0.15, 0.2) is 53.4 Å². The monoisotopic (exact) mass is 321 g/mol. The quantitative estimate of drug-likeness (QED) is 0.935. The summed E-state index contributed by atoms with van der Waals surface area (Å²) in [5.74, 6) is -0.161. The molecule has 2 atom stereocenters. The first-order valence-electron chi connectivity index (χ1n) is 6.47. The maximum atomic E-state index is 12.2. The maximum Gasteiger partial charge on any atom is 0.251 e. The third-order valence-electron chi connectivity index (χ3n) is 3.17. The normalized spacial score (nSPS) is 13.5. The summed E-state index contributed by atoms with van der Waals surface area (Å²) in [7, 11) is -1.04. The number of carbonyl (C=O) groups excluding carboxylic acids is 1. The molecular weight excluding hydrogens is 306 g/mol. The molecule has 0 heterocycles. The maximum absolute atomic E-state index is 12.2. The topological polar surface area (TPSA) is 46.2 Å². The number of hydrogen-bond acceptors (Lipinski definition) is 2. The highest BCUT2D eigenvalue weighted by Crippen LogP contribution is 2.17. The van der Waals surface area contributed by atoms with Crippen LogP contribution in [0.25, 0.3) is 0 Å². The predicted molar refractivity (Wildman–Crippen MR) is 86.1 cm³/mol. The molecule has 0 saturated heterocycles. The van der Waals surface area contributed by atoms with Crippen molar-refractivity contribution in [3.8, 4) is 0 Å². The molecule has 2 aromatic rings. The fourth-order valence-corrected chi connectivity index (χ4v) is 2.56. The van der Waals surface area contributed by atoms with Crippen molar-refractivity contribution in [2.24, 2.45) is 0 Å². The lowest BCUT2D eigenvalue weighted by molar-refractivity contribution is 0.0940. The second-order valence-corrected chi connectivity index (χ2v) is 6.54. The van der Waals surface area contributed by atoms with Gasteiger partial charge in [-0.2, -0.15) is 0 Å². The molecule has 1 amide bonds. The molecule has 0 fully saturated rings. The van der Waals surface area contributed by atoms with E-state index in [0.29, 0.717) is 15.5 Å². The number of carbonyl (C=O) groups is 1. The van der Waals surface area contributed by atoms with E-state index in [-0.39, 0.29) is 11.9 Å². The van der Waals surface area contributed by atoms with E-state index in [4.69, 9.17) is 11.6 Å². The van der Waals surface area contributed by atoms with Gasteiger partial charge in [0.2, 0.25) is 0 Å². The summed E-state index contributed by atoms with van der Waals surface area (Å²) in [4.78, 5) is 12.9. The summed E-state index contributed by atoms with van der Waals surface area (Å²) in [6.45, 7) is 1.91. The first-order chi connectivity index (χ1) is 9.97. The van der Waals surface area contributed by atoms with E-state index in [1.54, 1.807) is 42.7 Å². The van der Waals surface area contributed by atoms with Crippen LogP contribution in [0, 0.1) is 0 Å². The van der Waals surface area contributed by atoms with E-state index in [1.807, 2.05) is 19.1 Å². The van der Waals surface area contributed by atoms with Crippen LogP contribution in [-0.2, 0) is 10.8 Å². The molecule has 1 N–H and O–H groups in total. The first kappa shape index (κ1) is 15.7. The summed E-state index contributed by atoms with van der Waals surface area (Å²) >= 11 is 5.85. The van der Waals surface area contributed by atoms with Crippen LogP contribution in [0.4, 0.5) is 0 Å². The largest absolute Gasteiger partial charge is 0.346 e. The number of halogens is 1. The number of rotatable bonds is 4. The van der Waals surface area contributed by atoms with Gasteiger partial charge in [0, 0.05) is 32.5 Å². The molecular formula is C16H16ClNO2S. The van der Waals surface area contributed by atoms with Gasteiger partial charge in [0.05, 0.1) is 6.04 Å². The van der Waals surface area contributed by atoms with Gasteiger partial charge >= 0.3 is 0 Å². The van der Waals surface area contributed by atoms with E-state index in [0.717, 1.165) is 5.56 Å². The zero-order chi connectivity index (χ0) is 15.4. The fraction of sp³-hybridized carbons (Fsp3) is 0.188. The molecule has 2 aromatic carbocycles. The molecule has 5 heteroatoms. The highest BCUT2D eigenvalue weighted by molar-refractivity contribution is 7.84. The third-order valence-corrected chi connectivity index (χ3v) is 4.35. The Kier molecular flexibility index (Phi) is 5.15. The minimum Gasteiger partial charge on any atom is -0.346 e. The smallest absolute Gasteiger partial charge is 0.251 e. The molecule has 0 aromatic heterocycles. The standard InChI is InChI=1S/C16H16ClNO2S/c1-11(12-3-7-14(17)8-4-12)18-16(19)13-5-9-15(10-6-13)21(2)20/h3-11H,1-2H3,(H,18,19)/t11-,21+/m0/s1. The van der Waals surface area contributed by atoms with E-state index in [1.165, 1.54) is 0 Å². The minimum atomic E-state index is -1.04. The third kappa shape index (κ3) is 4.16. The molecule has 0 aliphatic carbocycles. The highest BCUT2D eigenvalue weighted by Gasteiger charge is 2.11. The number of amides is 1. The lowest BCUT2D eigenvalue weighted by Crippen LogP contribution is -2.26. The average Bonchev–Trinajstić information content (AvgIpc) is 2.47. The summed E-state index contributed by atoms with van der Waals surface area (Å²) in [6.07, 6.45) is 1.61. The van der Waals surface area contributed by atoms with Crippen molar-refractivity contribution >= 4 is 28.3 Å². The Morgan fingerprint density at radius 3 is 2.19 bits per heavy atom. The van der Waals surface area contributed by atoms with Crippen LogP contribution in [0.2, 0.25) is 5.02 Å². The molecule has 0 saturated carbocycles. The van der Waals surface area contributed by atoms with Crippen LogP contribution in [0.5, 0.6) is 0 Å². The SMILES string of the molecule is C[C@H](NC(=O)c1ccc([S@@](C)=O)cc1)c1ccc(Cl)cc1. The molecule has 0 spiro atoms. The van der Waals surface area contributed by atoms with Crippen LogP contribution in [0.1, 0.15) is 28.9 Å². The highest BCUT2D eigenvalue weighted by atomic mass is 35.5. The van der Waals surface area contributed by atoms with Gasteiger partial charge in [-0.1, -0.05) is 23.7 Å². The van der Waals surface area contributed by atoms with Crippen LogP contribution in [-0.4, -0.2) is 16.4 Å². The van der Waals surface area contributed by atoms with Crippen LogP contribution < -0.4 is 5.32 Å². The Morgan fingerprint density at radius 2 is 1.67 bits per heavy atom. The summed E-state index contributed by atoms with van der Waals surface area (Å²) < 4.78 is 11.3. The average molecular weight is 322 g/mol. The van der Waals surface area contributed by atoms with Crippen molar-refractivity contribution in [3.63, 3.8) is 0 Å². The van der Waals surface area contributed by atoms with Gasteiger partial charge in [0.25, 0.3) is 5.91 Å². The van der Waals surface area contributed by atoms with Gasteiger partial charge in [-0.15, -0.1) is 0 Å². The van der Waals surface area contributed by atoms with Gasteiger partial charge in [0.1, 0.15) is 0 Å². The van der Waals surface area contributed by atoms with Gasteiger partial charge < -0.3 is 5.32 Å². The van der Waals surface area contributed by atoms with E-state index < -0.39 is 10.8 Å². The molecule has 110 valence electrons. The Bertz CT molecular complexity index is 653. The van der Waals surface area contributed by atoms with Gasteiger partial charge in [-0.05, 0) is 48.9 Å². The lowest BCUT2D eigenvalue weighted by Gasteiger charge is -2.14. The Morgan fingerprint density at radius 1 is 1.10 bits per heavy atom. The Labute approximate surface area is 131 Å². The van der Waals surface area contributed by atoms with Crippen LogP contribution >= 0.6 is 11.6 Å². The summed E-state index contributed by atoms with van der Waals surface area (Å²) in [5.41, 5.74) is 1.53. The van der Waals surface area contributed by atoms with Crippen molar-refractivity contribution in [2.75, 3.05) is 6.26 Å². The zero-order valence-electron chi connectivity index (χ0n) is 11.8. The molecule has 0 unspecified atom stereocenters. The molecule has 0 bridgehead atoms. The van der Waals surface area contributed by atoms with E-state index in [2.05, 4.69) is 5.32 Å². The van der Waals surface area contributed by atoms with Crippen molar-refractivity contribution < 1.29 is 9.00 Å². The minimum absolute atomic E-state index is 0.116.